The van der Waals surface area contributed by atoms with Crippen molar-refractivity contribution < 1.29 is 0 Å². The molecule has 0 bridgehead atoms. The van der Waals surface area contributed by atoms with Gasteiger partial charge in [0.15, 0.2) is 0 Å². The van der Waals surface area contributed by atoms with Crippen LogP contribution in [0.5, 0.6) is 0 Å². The molecule has 1 unspecified atom stereocenters. The third kappa shape index (κ3) is 2.46. The van der Waals surface area contributed by atoms with Gasteiger partial charge in [-0.2, -0.15) is 0 Å². The van der Waals surface area contributed by atoms with Crippen molar-refractivity contribution in [2.75, 3.05) is 0 Å². The number of imidazole rings is 1. The molecule has 2 aromatic carbocycles. The lowest BCUT2D eigenvalue weighted by atomic mass is 9.99. The van der Waals surface area contributed by atoms with Gasteiger partial charge in [-0.3, -0.25) is 0 Å². The fourth-order valence-electron chi connectivity index (χ4n) is 2.18. The normalized spacial score (nSPS) is 12.8. The first kappa shape index (κ1) is 13.6. The Balaban J connectivity index is 2.09. The minimum absolute atomic E-state index is 0.214. The van der Waals surface area contributed by atoms with Crippen molar-refractivity contribution >= 4 is 42.9 Å². The van der Waals surface area contributed by atoms with E-state index >= 15 is 0 Å². The highest BCUT2D eigenvalue weighted by Gasteiger charge is 2.13. The predicted octanol–water partition coefficient (Wildman–Crippen LogP) is 3.43. The van der Waals surface area contributed by atoms with Crippen LogP contribution < -0.4 is 11.4 Å². The van der Waals surface area contributed by atoms with E-state index in [-0.39, 0.29) is 11.7 Å². The van der Waals surface area contributed by atoms with Gasteiger partial charge in [0.2, 0.25) is 0 Å². The summed E-state index contributed by atoms with van der Waals surface area (Å²) in [5.41, 5.74) is 9.57. The predicted molar refractivity (Wildman–Crippen MR) is 86.8 cm³/mol. The van der Waals surface area contributed by atoms with Gasteiger partial charge < -0.3 is 15.7 Å². The van der Waals surface area contributed by atoms with E-state index in [9.17, 15) is 4.79 Å². The molecule has 0 fully saturated rings. The van der Waals surface area contributed by atoms with Crippen LogP contribution in [0.25, 0.3) is 11.0 Å². The molecule has 3 rings (SSSR count). The van der Waals surface area contributed by atoms with Crippen molar-refractivity contribution in [2.45, 2.75) is 6.04 Å². The van der Waals surface area contributed by atoms with Gasteiger partial charge >= 0.3 is 5.69 Å². The van der Waals surface area contributed by atoms with Gasteiger partial charge in [0, 0.05) is 8.95 Å². The van der Waals surface area contributed by atoms with Crippen molar-refractivity contribution in [3.8, 4) is 0 Å². The van der Waals surface area contributed by atoms with Crippen molar-refractivity contribution in [3.05, 3.63) is 67.0 Å². The molecule has 6 heteroatoms. The Kier molecular flexibility index (Phi) is 3.54. The third-order valence-electron chi connectivity index (χ3n) is 3.19. The van der Waals surface area contributed by atoms with Crippen LogP contribution in [-0.4, -0.2) is 9.97 Å². The number of halogens is 2. The molecule has 0 aliphatic heterocycles. The topological polar surface area (TPSA) is 74.7 Å². The van der Waals surface area contributed by atoms with Crippen molar-refractivity contribution in [3.63, 3.8) is 0 Å². The smallest absolute Gasteiger partial charge is 0.320 e. The molecule has 0 radical (unpaired) electrons. The first-order valence-corrected chi connectivity index (χ1v) is 7.55. The quantitative estimate of drug-likeness (QED) is 0.620. The van der Waals surface area contributed by atoms with Crippen LogP contribution >= 0.6 is 31.9 Å². The molecule has 3 aromatic rings. The molecule has 1 atom stereocenters. The second kappa shape index (κ2) is 5.20. The van der Waals surface area contributed by atoms with Crippen molar-refractivity contribution in [1.29, 1.82) is 0 Å². The van der Waals surface area contributed by atoms with Crippen LogP contribution in [0.2, 0.25) is 0 Å². The average Bonchev–Trinajstić information content (AvgIpc) is 2.79. The number of hydrogen-bond acceptors (Lipinski definition) is 2. The average molecular weight is 397 g/mol. The van der Waals surface area contributed by atoms with Crippen LogP contribution in [0.15, 0.2) is 50.1 Å². The van der Waals surface area contributed by atoms with Crippen LogP contribution in [0.3, 0.4) is 0 Å². The van der Waals surface area contributed by atoms with E-state index in [1.807, 2.05) is 36.4 Å². The Labute approximate surface area is 131 Å². The van der Waals surface area contributed by atoms with E-state index in [4.69, 9.17) is 5.73 Å². The maximum absolute atomic E-state index is 11.3. The molecule has 0 amide bonds. The molecule has 0 spiro atoms. The fraction of sp³-hybridized carbons (Fsp3) is 0.0714. The second-order valence-corrected chi connectivity index (χ2v) is 6.30. The van der Waals surface area contributed by atoms with Crippen LogP contribution in [0.4, 0.5) is 0 Å². The zero-order valence-corrected chi connectivity index (χ0v) is 13.5. The summed E-state index contributed by atoms with van der Waals surface area (Å²) in [5.74, 6) is 0. The van der Waals surface area contributed by atoms with Gasteiger partial charge in [-0.25, -0.2) is 4.79 Å². The lowest BCUT2D eigenvalue weighted by molar-refractivity contribution is 0.866. The Morgan fingerprint density at radius 3 is 2.55 bits per heavy atom. The number of aromatic amines is 2. The van der Waals surface area contributed by atoms with Crippen LogP contribution in [-0.2, 0) is 0 Å². The number of fused-ring (bicyclic) bond motifs is 1. The number of H-pyrrole nitrogens is 2. The van der Waals surface area contributed by atoms with Gasteiger partial charge in [-0.1, -0.05) is 37.9 Å². The largest absolute Gasteiger partial charge is 0.323 e. The standard InChI is InChI=1S/C14H11Br2N3O/c15-8-2-3-10(16)9(6-8)13(17)7-1-4-11-12(5-7)19-14(20)18-11/h1-6,13H,17H2,(H2,18,19,20). The number of rotatable bonds is 2. The SMILES string of the molecule is NC(c1ccc2[nH]c(=O)[nH]c2c1)c1cc(Br)ccc1Br. The Morgan fingerprint density at radius 1 is 1.00 bits per heavy atom. The van der Waals surface area contributed by atoms with Gasteiger partial charge in [0.1, 0.15) is 0 Å². The molecule has 0 aliphatic rings. The van der Waals surface area contributed by atoms with E-state index in [2.05, 4.69) is 41.8 Å². The second-order valence-electron chi connectivity index (χ2n) is 4.53. The summed E-state index contributed by atoms with van der Waals surface area (Å²) < 4.78 is 1.93. The Morgan fingerprint density at radius 2 is 1.75 bits per heavy atom. The summed E-state index contributed by atoms with van der Waals surface area (Å²) in [6.45, 7) is 0. The number of nitrogens with one attached hydrogen (secondary N) is 2. The summed E-state index contributed by atoms with van der Waals surface area (Å²) in [5, 5.41) is 0. The minimum atomic E-state index is -0.273. The first-order chi connectivity index (χ1) is 9.54. The zero-order chi connectivity index (χ0) is 14.3. The molecule has 20 heavy (non-hydrogen) atoms. The summed E-state index contributed by atoms with van der Waals surface area (Å²) in [4.78, 5) is 16.7. The number of nitrogens with two attached hydrogens (primary N) is 1. The summed E-state index contributed by atoms with van der Waals surface area (Å²) in [7, 11) is 0. The van der Waals surface area contributed by atoms with Gasteiger partial charge in [0.05, 0.1) is 17.1 Å². The third-order valence-corrected chi connectivity index (χ3v) is 4.41. The Hall–Kier alpha value is -1.37. The highest BCUT2D eigenvalue weighted by Crippen LogP contribution is 2.30. The number of benzene rings is 2. The molecule has 0 saturated carbocycles. The van der Waals surface area contributed by atoms with Crippen molar-refractivity contribution in [2.24, 2.45) is 5.73 Å². The Bertz CT molecular complexity index is 838. The van der Waals surface area contributed by atoms with Gasteiger partial charge in [-0.15, -0.1) is 0 Å². The summed E-state index contributed by atoms with van der Waals surface area (Å²) in [6.07, 6.45) is 0. The van der Waals surface area contributed by atoms with Crippen LogP contribution in [0.1, 0.15) is 17.2 Å². The number of hydrogen-bond donors (Lipinski definition) is 3. The molecular formula is C14H11Br2N3O. The maximum Gasteiger partial charge on any atom is 0.323 e. The molecule has 0 saturated heterocycles. The van der Waals surface area contributed by atoms with E-state index in [1.165, 1.54) is 0 Å². The molecular weight excluding hydrogens is 386 g/mol. The molecule has 0 aliphatic carbocycles. The first-order valence-electron chi connectivity index (χ1n) is 5.97. The monoisotopic (exact) mass is 395 g/mol. The fourth-order valence-corrected chi connectivity index (χ4v) is 3.05. The summed E-state index contributed by atoms with van der Waals surface area (Å²) in [6, 6.07) is 11.3. The van der Waals surface area contributed by atoms with E-state index in [0.29, 0.717) is 0 Å². The summed E-state index contributed by atoms with van der Waals surface area (Å²) >= 11 is 6.97. The minimum Gasteiger partial charge on any atom is -0.320 e. The zero-order valence-electron chi connectivity index (χ0n) is 10.3. The highest BCUT2D eigenvalue weighted by molar-refractivity contribution is 9.11. The number of aromatic nitrogens is 2. The molecule has 4 N–H and O–H groups in total. The van der Waals surface area contributed by atoms with E-state index in [1.54, 1.807) is 0 Å². The molecule has 4 nitrogen and oxygen atoms in total. The highest BCUT2D eigenvalue weighted by atomic mass is 79.9. The van der Waals surface area contributed by atoms with Gasteiger partial charge in [0.25, 0.3) is 0 Å². The van der Waals surface area contributed by atoms with E-state index in [0.717, 1.165) is 31.1 Å². The molecule has 1 heterocycles. The van der Waals surface area contributed by atoms with E-state index < -0.39 is 0 Å². The van der Waals surface area contributed by atoms with Crippen molar-refractivity contribution in [1.82, 2.24) is 9.97 Å². The lowest BCUT2D eigenvalue weighted by Gasteiger charge is -2.15. The maximum atomic E-state index is 11.3. The molecule has 1 aromatic heterocycles. The van der Waals surface area contributed by atoms with Crippen LogP contribution in [0, 0.1) is 0 Å². The van der Waals surface area contributed by atoms with Gasteiger partial charge in [-0.05, 0) is 41.5 Å². The molecule has 102 valence electrons. The lowest BCUT2D eigenvalue weighted by Crippen LogP contribution is -2.12.